The van der Waals surface area contributed by atoms with Crippen LogP contribution in [0.4, 0.5) is 34.1 Å². The third-order valence-corrected chi connectivity index (χ3v) is 28.2. The second-order valence-electron chi connectivity index (χ2n) is 35.6. The van der Waals surface area contributed by atoms with E-state index in [1.54, 1.807) is 18.6 Å². The van der Waals surface area contributed by atoms with Crippen LogP contribution in [-0.4, -0.2) is 52.6 Å². The minimum Gasteiger partial charge on any atom is -0.576 e. The van der Waals surface area contributed by atoms with Crippen molar-refractivity contribution >= 4 is 186 Å². The molecule has 2 radical (unpaired) electrons. The molecule has 6 heterocycles. The van der Waals surface area contributed by atoms with Crippen LogP contribution < -0.4 is 21.2 Å². The molecule has 15 heteroatoms. The van der Waals surface area contributed by atoms with Gasteiger partial charge >= 0.3 is 15.1 Å². The van der Waals surface area contributed by atoms with E-state index in [0.29, 0.717) is 17.2 Å². The first-order chi connectivity index (χ1) is 73.4. The SMILES string of the molecule is [B]N=P.c1ccc(-c2c3ccccc3c(-c3ccc(-n4c5ccccc5c5ccccc54)cc3)c3ccccc23)cc1.c1ccc(-c2ccnc3c2ccc2c(-c4ccccc4)ccnc23)cc1.c1ccc(N(c2ccc(-c3ccc(N(c4ccccc4)c4cccc5ccccc45)cc3)cc2)c2cccc3ccccc23)cc1.c1cnc2c([O][Al]([O]c3cccc4cccnc34)[O]c3cccc4cccnc34)cccc2c1. The maximum atomic E-state index is 6.41. The molecule has 0 N–H and O–H groups in total. The number of rotatable bonds is 18. The molecule has 0 atom stereocenters. The lowest BCUT2D eigenvalue weighted by atomic mass is 9.86. The fourth-order valence-corrected chi connectivity index (χ4v) is 21.6. The van der Waals surface area contributed by atoms with Crippen molar-refractivity contribution < 1.29 is 11.4 Å². The Labute approximate surface area is 865 Å². The summed E-state index contributed by atoms with van der Waals surface area (Å²) < 4.78 is 24.4. The van der Waals surface area contributed by atoms with Gasteiger partial charge in [0.15, 0.2) is 0 Å². The molecule has 0 saturated heterocycles. The molecule has 0 saturated carbocycles. The van der Waals surface area contributed by atoms with Gasteiger partial charge in [0.1, 0.15) is 33.8 Å². The van der Waals surface area contributed by atoms with E-state index < -0.39 is 15.1 Å². The maximum Gasteiger partial charge on any atom is 1.20 e. The lowest BCUT2D eigenvalue weighted by Crippen LogP contribution is -2.37. The monoisotopic (exact) mass is 1930 g/mol. The maximum absolute atomic E-state index is 6.41. The second kappa shape index (κ2) is 43.2. The van der Waals surface area contributed by atoms with Gasteiger partial charge in [0.05, 0.1) is 33.4 Å². The molecule has 27 aromatic rings. The van der Waals surface area contributed by atoms with E-state index in [2.05, 4.69) is 480 Å². The molecule has 0 aliphatic heterocycles. The third kappa shape index (κ3) is 19.2. The number of benzene rings is 21. The molecule has 0 bridgehead atoms. The molecule has 0 unspecified atom stereocenters. The number of fused-ring (bicyclic) bond motifs is 13. The Morgan fingerprint density at radius 1 is 0.216 bits per heavy atom. The van der Waals surface area contributed by atoms with Gasteiger partial charge in [0, 0.05) is 108 Å². The van der Waals surface area contributed by atoms with E-state index in [1.165, 1.54) is 126 Å². The summed E-state index contributed by atoms with van der Waals surface area (Å²) in [5, 5.41) is 17.8. The molecule has 0 aliphatic carbocycles. The van der Waals surface area contributed by atoms with Gasteiger partial charge in [-0.2, -0.15) is 0 Å². The van der Waals surface area contributed by atoms with Crippen LogP contribution in [0.3, 0.4) is 0 Å². The molecule has 12 nitrogen and oxygen atoms in total. The van der Waals surface area contributed by atoms with Crippen molar-refractivity contribution in [2.75, 3.05) is 9.80 Å². The number of para-hydroxylation sites is 7. The van der Waals surface area contributed by atoms with E-state index in [9.17, 15) is 0 Å². The summed E-state index contributed by atoms with van der Waals surface area (Å²) >= 11 is -2.86. The predicted octanol–water partition coefficient (Wildman–Crippen LogP) is 35.4. The molecule has 0 amide bonds. The molecule has 6 aromatic heterocycles. The van der Waals surface area contributed by atoms with Crippen LogP contribution in [0.5, 0.6) is 17.2 Å². The number of hydrogen-bond acceptors (Lipinski definition) is 11. The van der Waals surface area contributed by atoms with E-state index in [0.717, 1.165) is 88.6 Å². The van der Waals surface area contributed by atoms with Crippen LogP contribution >= 0.6 is 9.03 Å². The minimum atomic E-state index is -2.86. The van der Waals surface area contributed by atoms with E-state index in [-0.39, 0.29) is 0 Å². The summed E-state index contributed by atoms with van der Waals surface area (Å²) in [5.74, 6) is 1.82. The van der Waals surface area contributed by atoms with Gasteiger partial charge < -0.3 is 30.4 Å². The Hall–Kier alpha value is -18.8. The fourth-order valence-electron chi connectivity index (χ4n) is 20.2. The number of pyridine rings is 5. The average molecular weight is 1930 g/mol. The largest absolute Gasteiger partial charge is 1.20 e. The van der Waals surface area contributed by atoms with Gasteiger partial charge in [-0.25, -0.2) is 0 Å². The van der Waals surface area contributed by atoms with Crippen LogP contribution in [0.1, 0.15) is 0 Å². The third-order valence-electron chi connectivity index (χ3n) is 26.9. The molecular formula is C133H92AlBN9O3P. The Bertz CT molecular complexity index is 8870. The molecule has 0 aliphatic rings. The van der Waals surface area contributed by atoms with Crippen LogP contribution in [0, 0.1) is 0 Å². The zero-order valence-corrected chi connectivity index (χ0v) is 82.6. The Kier molecular flexibility index (Phi) is 27.1. The van der Waals surface area contributed by atoms with E-state index in [1.807, 2.05) is 116 Å². The van der Waals surface area contributed by atoms with Crippen molar-refractivity contribution in [3.63, 3.8) is 0 Å². The van der Waals surface area contributed by atoms with Crippen LogP contribution in [-0.2, 0) is 0 Å². The first-order valence-corrected chi connectivity index (χ1v) is 51.1. The number of nitrogens with zero attached hydrogens (tertiary/aromatic N) is 9. The topological polar surface area (TPSA) is 116 Å². The Morgan fingerprint density at radius 3 is 0.872 bits per heavy atom. The van der Waals surface area contributed by atoms with Gasteiger partial charge in [0.2, 0.25) is 0 Å². The highest BCUT2D eigenvalue weighted by molar-refractivity contribution is 7.05. The van der Waals surface area contributed by atoms with Gasteiger partial charge in [-0.1, -0.05) is 388 Å². The summed E-state index contributed by atoms with van der Waals surface area (Å²) in [4.78, 5) is 27.6. The highest BCUT2D eigenvalue weighted by atomic mass is 31.0. The van der Waals surface area contributed by atoms with E-state index >= 15 is 0 Å². The molecule has 0 fully saturated rings. The van der Waals surface area contributed by atoms with Crippen molar-refractivity contribution in [3.8, 4) is 78.6 Å². The lowest BCUT2D eigenvalue weighted by molar-refractivity contribution is 0.311. The first-order valence-electron chi connectivity index (χ1n) is 49.2. The molecular weight excluding hydrogens is 1840 g/mol. The van der Waals surface area contributed by atoms with Gasteiger partial charge in [0.25, 0.3) is 7.98 Å². The van der Waals surface area contributed by atoms with Crippen molar-refractivity contribution in [2.24, 2.45) is 4.66 Å². The van der Waals surface area contributed by atoms with Crippen LogP contribution in [0.25, 0.3) is 181 Å². The molecule has 21 aromatic carbocycles. The zero-order chi connectivity index (χ0) is 99.3. The fraction of sp³-hybridized carbons (Fsp3) is 0. The van der Waals surface area contributed by atoms with Crippen LogP contribution in [0.15, 0.2) is 557 Å². The smallest absolute Gasteiger partial charge is 0.576 e. The highest BCUT2D eigenvalue weighted by Gasteiger charge is 2.46. The summed E-state index contributed by atoms with van der Waals surface area (Å²) in [7, 11) is 6.97. The summed E-state index contributed by atoms with van der Waals surface area (Å²) in [5.41, 5.74) is 26.8. The van der Waals surface area contributed by atoms with E-state index in [4.69, 9.17) is 11.4 Å². The predicted molar refractivity (Wildman–Crippen MR) is 620 cm³/mol. The summed E-state index contributed by atoms with van der Waals surface area (Å²) in [6, 6.07) is 183. The normalized spacial score (nSPS) is 11.0. The Morgan fingerprint density at radius 2 is 0.493 bits per heavy atom. The van der Waals surface area contributed by atoms with Crippen molar-refractivity contribution in [1.82, 2.24) is 29.5 Å². The molecule has 698 valence electrons. The Balaban J connectivity index is 0.000000109. The molecule has 0 spiro atoms. The number of hydrogen-bond donors (Lipinski definition) is 0. The standard InChI is InChI=1S/C44H32N2.C38H25N.C24H16N2.3C9H7NO.Al.BHNP/c1-3-17-37(18-4-1)45(43-23-11-15-35-13-7-9-21-41(35)43)39-29-25-33(26-30-39)34-27-31-40(32-28-34)46(38-19-5-2-6-20-38)44-24-12-16-36-14-8-10-22-42(36)44;1-2-12-26(13-3-1)37-31-16-4-6-18-33(31)38(34-19-7-5-17-32(34)37)27-22-24-28(25-23-27)39-35-20-10-8-14-29(35)30-15-9-11-21-36(30)39;1-3-7-17(8-4-1)19-13-15-25-23-21(19)11-12-22-20(14-16-26-24(22)23)18-9-5-2-6-10-18;3*11-8-5-1-3-7-4-2-6-10-9(7)8;;1-2-3/h1-32H;1-25H;1-16H;3*1-6,11H;;3H/q;;;;;;+3;/p-3. The van der Waals surface area contributed by atoms with Crippen molar-refractivity contribution in [3.05, 3.63) is 553 Å². The quantitative estimate of drug-likeness (QED) is 0.0356. The summed E-state index contributed by atoms with van der Waals surface area (Å²) in [6.45, 7) is 0. The van der Waals surface area contributed by atoms with Gasteiger partial charge in [-0.15, -0.1) is 0 Å². The zero-order valence-electron chi connectivity index (χ0n) is 80.4. The van der Waals surface area contributed by atoms with Gasteiger partial charge in [-0.3, -0.25) is 24.9 Å². The van der Waals surface area contributed by atoms with Crippen molar-refractivity contribution in [1.29, 1.82) is 0 Å². The lowest BCUT2D eigenvalue weighted by Gasteiger charge is -2.27. The molecule has 27 rings (SSSR count). The van der Waals surface area contributed by atoms with Crippen molar-refractivity contribution in [2.45, 2.75) is 0 Å². The van der Waals surface area contributed by atoms with Gasteiger partial charge in [-0.05, 0) is 230 Å². The summed E-state index contributed by atoms with van der Waals surface area (Å²) in [6.07, 6.45) is 8.99. The second-order valence-corrected chi connectivity index (χ2v) is 37.2. The number of aromatic nitrogens is 6. The minimum absolute atomic E-state index is 0.608. The highest BCUT2D eigenvalue weighted by Crippen LogP contribution is 2.48. The number of anilines is 6. The first kappa shape index (κ1) is 92.9. The van der Waals surface area contributed by atoms with Crippen LogP contribution in [0.2, 0.25) is 0 Å². The molecule has 148 heavy (non-hydrogen) atoms. The average Bonchev–Trinajstić information content (AvgIpc) is 1.48.